The van der Waals surface area contributed by atoms with Crippen molar-refractivity contribution in [2.75, 3.05) is 13.1 Å². The summed E-state index contributed by atoms with van der Waals surface area (Å²) in [4.78, 5) is 36.1. The normalized spacial score (nSPS) is 20.1. The smallest absolute Gasteiger partial charge is 0.326 e. The topological polar surface area (TPSA) is 113 Å². The van der Waals surface area contributed by atoms with Crippen LogP contribution in [0.25, 0.3) is 0 Å². The number of nitrogens with zero attached hydrogens (tertiary/aromatic N) is 1. The van der Waals surface area contributed by atoms with Gasteiger partial charge in [-0.05, 0) is 12.1 Å². The van der Waals surface area contributed by atoms with Gasteiger partial charge in [0.2, 0.25) is 5.91 Å². The highest BCUT2D eigenvalue weighted by atomic mass is 35.5. The zero-order valence-corrected chi connectivity index (χ0v) is 12.6. The minimum atomic E-state index is -1.09. The van der Waals surface area contributed by atoms with Crippen LogP contribution in [0, 0.1) is 0 Å². The van der Waals surface area contributed by atoms with Crippen molar-refractivity contribution in [3.05, 3.63) is 35.9 Å². The first-order valence-electron chi connectivity index (χ1n) is 6.61. The lowest BCUT2D eigenvalue weighted by Crippen LogP contribution is -2.44. The van der Waals surface area contributed by atoms with Gasteiger partial charge in [0.1, 0.15) is 6.04 Å². The molecular weight excluding hydrogens is 310 g/mol. The molecule has 1 heterocycles. The molecule has 22 heavy (non-hydrogen) atoms. The molecule has 1 fully saturated rings. The molecular formula is C14H18ClN3O4. The van der Waals surface area contributed by atoms with Crippen LogP contribution in [-0.4, -0.2) is 53.0 Å². The van der Waals surface area contributed by atoms with Gasteiger partial charge in [-0.25, -0.2) is 4.79 Å². The Labute approximate surface area is 133 Å². The highest BCUT2D eigenvalue weighted by molar-refractivity contribution is 5.94. The number of amides is 2. The third-order valence-corrected chi connectivity index (χ3v) is 3.45. The summed E-state index contributed by atoms with van der Waals surface area (Å²) in [5.41, 5.74) is 5.77. The van der Waals surface area contributed by atoms with Crippen molar-refractivity contribution in [1.82, 2.24) is 10.2 Å². The fourth-order valence-electron chi connectivity index (χ4n) is 2.43. The Balaban J connectivity index is 0.00000242. The van der Waals surface area contributed by atoms with Crippen molar-refractivity contribution in [3.8, 4) is 0 Å². The number of nitrogens with one attached hydrogen (secondary N) is 1. The molecule has 1 saturated heterocycles. The van der Waals surface area contributed by atoms with Gasteiger partial charge in [0, 0.05) is 24.6 Å². The van der Waals surface area contributed by atoms with E-state index in [0.717, 1.165) is 0 Å². The summed E-state index contributed by atoms with van der Waals surface area (Å²) in [6.45, 7) is -0.0886. The highest BCUT2D eigenvalue weighted by Crippen LogP contribution is 2.18. The largest absolute Gasteiger partial charge is 0.480 e. The Hall–Kier alpha value is -2.12. The van der Waals surface area contributed by atoms with Gasteiger partial charge in [0.15, 0.2) is 0 Å². The molecule has 7 nitrogen and oxygen atoms in total. The SMILES string of the molecule is Cl.NCC(=O)N1CC(NC(=O)c2ccccc2)CC1C(=O)O. The molecule has 0 aromatic heterocycles. The average molecular weight is 328 g/mol. The van der Waals surface area contributed by atoms with E-state index in [0.29, 0.717) is 5.56 Å². The number of carboxylic acid groups (broad SMARTS) is 1. The van der Waals surface area contributed by atoms with Crippen LogP contribution in [0.2, 0.25) is 0 Å². The van der Waals surface area contributed by atoms with Crippen LogP contribution in [-0.2, 0) is 9.59 Å². The summed E-state index contributed by atoms with van der Waals surface area (Å²) >= 11 is 0. The monoisotopic (exact) mass is 327 g/mol. The summed E-state index contributed by atoms with van der Waals surface area (Å²) in [5.74, 6) is -1.81. The lowest BCUT2D eigenvalue weighted by molar-refractivity contribution is -0.147. The molecule has 120 valence electrons. The zero-order chi connectivity index (χ0) is 15.4. The second kappa shape index (κ2) is 7.77. The minimum Gasteiger partial charge on any atom is -0.480 e. The molecule has 0 saturated carbocycles. The molecule has 0 radical (unpaired) electrons. The Morgan fingerprint density at radius 3 is 2.45 bits per heavy atom. The first-order valence-corrected chi connectivity index (χ1v) is 6.61. The molecule has 2 amide bonds. The van der Waals surface area contributed by atoms with Gasteiger partial charge < -0.3 is 21.1 Å². The van der Waals surface area contributed by atoms with Gasteiger partial charge >= 0.3 is 5.97 Å². The van der Waals surface area contributed by atoms with Gasteiger partial charge in [0.05, 0.1) is 6.54 Å². The van der Waals surface area contributed by atoms with E-state index in [-0.39, 0.29) is 37.8 Å². The van der Waals surface area contributed by atoms with Crippen LogP contribution in [0.15, 0.2) is 30.3 Å². The number of hydrogen-bond acceptors (Lipinski definition) is 4. The predicted molar refractivity (Wildman–Crippen MR) is 81.8 cm³/mol. The maximum atomic E-state index is 12.0. The summed E-state index contributed by atoms with van der Waals surface area (Å²) in [7, 11) is 0. The lowest BCUT2D eigenvalue weighted by Gasteiger charge is -2.20. The zero-order valence-electron chi connectivity index (χ0n) is 11.8. The standard InChI is InChI=1S/C14H17N3O4.ClH/c15-7-12(18)17-8-10(6-11(17)14(20)21)16-13(19)9-4-2-1-3-5-9;/h1-5,10-11H,6-8,15H2,(H,16,19)(H,20,21);1H. The van der Waals surface area contributed by atoms with E-state index in [1.165, 1.54) is 4.90 Å². The van der Waals surface area contributed by atoms with Crippen LogP contribution in [0.5, 0.6) is 0 Å². The summed E-state index contributed by atoms with van der Waals surface area (Å²) in [6.07, 6.45) is 0.180. The third-order valence-electron chi connectivity index (χ3n) is 3.45. The summed E-state index contributed by atoms with van der Waals surface area (Å²) in [5, 5.41) is 11.9. The van der Waals surface area contributed by atoms with Crippen molar-refractivity contribution >= 4 is 30.2 Å². The number of rotatable bonds is 4. The van der Waals surface area contributed by atoms with E-state index in [1.807, 2.05) is 0 Å². The lowest BCUT2D eigenvalue weighted by atomic mass is 10.1. The van der Waals surface area contributed by atoms with Crippen LogP contribution in [0.3, 0.4) is 0 Å². The molecule has 1 aromatic rings. The second-order valence-corrected chi connectivity index (χ2v) is 4.88. The number of likely N-dealkylation sites (tertiary alicyclic amines) is 1. The van der Waals surface area contributed by atoms with Gasteiger partial charge in [-0.3, -0.25) is 9.59 Å². The van der Waals surface area contributed by atoms with Crippen LogP contribution in [0.1, 0.15) is 16.8 Å². The number of halogens is 1. The number of hydrogen-bond donors (Lipinski definition) is 3. The number of nitrogens with two attached hydrogens (primary N) is 1. The minimum absolute atomic E-state index is 0. The van der Waals surface area contributed by atoms with Crippen LogP contribution < -0.4 is 11.1 Å². The van der Waals surface area contributed by atoms with E-state index in [1.54, 1.807) is 30.3 Å². The van der Waals surface area contributed by atoms with Crippen molar-refractivity contribution in [2.24, 2.45) is 5.73 Å². The van der Waals surface area contributed by atoms with Gasteiger partial charge in [-0.15, -0.1) is 12.4 Å². The number of benzene rings is 1. The van der Waals surface area contributed by atoms with E-state index >= 15 is 0 Å². The Morgan fingerprint density at radius 1 is 1.27 bits per heavy atom. The van der Waals surface area contributed by atoms with Gasteiger partial charge in [0.25, 0.3) is 5.91 Å². The van der Waals surface area contributed by atoms with Crippen molar-refractivity contribution in [2.45, 2.75) is 18.5 Å². The molecule has 1 aromatic carbocycles. The highest BCUT2D eigenvalue weighted by Gasteiger charge is 2.39. The number of carbonyl (C=O) groups excluding carboxylic acids is 2. The molecule has 2 unspecified atom stereocenters. The molecule has 0 bridgehead atoms. The summed E-state index contributed by atoms with van der Waals surface area (Å²) < 4.78 is 0. The second-order valence-electron chi connectivity index (χ2n) is 4.88. The molecule has 0 spiro atoms. The van der Waals surface area contributed by atoms with Gasteiger partial charge in [-0.1, -0.05) is 18.2 Å². The molecule has 8 heteroatoms. The molecule has 1 aliphatic rings. The molecule has 2 rings (SSSR count). The van der Waals surface area contributed by atoms with Gasteiger partial charge in [-0.2, -0.15) is 0 Å². The van der Waals surface area contributed by atoms with E-state index in [2.05, 4.69) is 5.32 Å². The van der Waals surface area contributed by atoms with Crippen LogP contribution in [0.4, 0.5) is 0 Å². The first kappa shape index (κ1) is 17.9. The molecule has 2 atom stereocenters. The molecule has 4 N–H and O–H groups in total. The van der Waals surface area contributed by atoms with Crippen molar-refractivity contribution < 1.29 is 19.5 Å². The predicted octanol–water partition coefficient (Wildman–Crippen LogP) is -0.149. The maximum absolute atomic E-state index is 12.0. The average Bonchev–Trinajstić information content (AvgIpc) is 2.91. The van der Waals surface area contributed by atoms with Crippen molar-refractivity contribution in [3.63, 3.8) is 0 Å². The fraction of sp³-hybridized carbons (Fsp3) is 0.357. The molecule has 0 aliphatic carbocycles. The van der Waals surface area contributed by atoms with E-state index < -0.39 is 24.0 Å². The van der Waals surface area contributed by atoms with Crippen molar-refractivity contribution in [1.29, 1.82) is 0 Å². The first-order chi connectivity index (χ1) is 10.0. The fourth-order valence-corrected chi connectivity index (χ4v) is 2.43. The number of aliphatic carboxylic acids is 1. The van der Waals surface area contributed by atoms with E-state index in [9.17, 15) is 14.4 Å². The Morgan fingerprint density at radius 2 is 1.91 bits per heavy atom. The number of carbonyl (C=O) groups is 3. The molecule has 1 aliphatic heterocycles. The van der Waals surface area contributed by atoms with E-state index in [4.69, 9.17) is 10.8 Å². The Bertz CT molecular complexity index is 552. The third kappa shape index (κ3) is 3.96. The number of carboxylic acids is 1. The summed E-state index contributed by atoms with van der Waals surface area (Å²) in [6, 6.07) is 7.29. The van der Waals surface area contributed by atoms with Crippen LogP contribution >= 0.6 is 12.4 Å². The maximum Gasteiger partial charge on any atom is 0.326 e. The Kier molecular flexibility index (Phi) is 6.33. The quantitative estimate of drug-likeness (QED) is 0.712.